The molecule has 6 atom stereocenters. The van der Waals surface area contributed by atoms with Crippen LogP contribution in [0.4, 0.5) is 10.6 Å². The van der Waals surface area contributed by atoms with Gasteiger partial charge in [-0.15, -0.1) is 0 Å². The number of urea groups is 1. The molecule has 5 heterocycles. The van der Waals surface area contributed by atoms with Gasteiger partial charge in [-0.25, -0.2) is 19.7 Å². The number of fused-ring (bicyclic) bond motifs is 2. The third-order valence-corrected chi connectivity index (χ3v) is 7.85. The lowest BCUT2D eigenvalue weighted by molar-refractivity contribution is -0.116. The van der Waals surface area contributed by atoms with Crippen molar-refractivity contribution in [2.45, 2.75) is 67.9 Å². The lowest BCUT2D eigenvalue weighted by Gasteiger charge is -2.16. The predicted molar refractivity (Wildman–Crippen MR) is 120 cm³/mol. The summed E-state index contributed by atoms with van der Waals surface area (Å²) < 4.78 is 7.28. The molecule has 1 unspecified atom stereocenters. The van der Waals surface area contributed by atoms with E-state index < -0.39 is 18.4 Å². The molecule has 0 spiro atoms. The number of nitrogens with zero attached hydrogens (tertiary/aromatic N) is 4. The molecule has 2 aromatic heterocycles. The summed E-state index contributed by atoms with van der Waals surface area (Å²) in [4.78, 5) is 36.7. The number of ether oxygens (including phenoxy) is 1. The van der Waals surface area contributed by atoms with Crippen LogP contribution >= 0.6 is 11.8 Å². The van der Waals surface area contributed by atoms with Gasteiger partial charge in [0.15, 0.2) is 23.2 Å². The summed E-state index contributed by atoms with van der Waals surface area (Å²) in [6, 6.07) is 0.298. The number of thioether (sulfide) groups is 1. The third kappa shape index (κ3) is 4.50. The fraction of sp³-hybridized carbons (Fsp3) is 0.650. The number of carbonyl (C=O) groups excluding carboxylic acids is 2. The summed E-state index contributed by atoms with van der Waals surface area (Å²) in [6.07, 6.45) is 4.11. The first-order valence-electron chi connectivity index (χ1n) is 11.1. The Kier molecular flexibility index (Phi) is 6.36. The van der Waals surface area contributed by atoms with Gasteiger partial charge in [0.1, 0.15) is 12.4 Å². The molecule has 178 valence electrons. The van der Waals surface area contributed by atoms with Crippen molar-refractivity contribution in [3.05, 3.63) is 12.7 Å². The maximum Gasteiger partial charge on any atom is 0.315 e. The van der Waals surface area contributed by atoms with Crippen molar-refractivity contribution in [2.24, 2.45) is 0 Å². The molecule has 13 heteroatoms. The average Bonchev–Trinajstić information content (AvgIpc) is 3.55. The van der Waals surface area contributed by atoms with Gasteiger partial charge in [-0.05, 0) is 12.8 Å². The maximum absolute atomic E-state index is 12.5. The number of anilines is 1. The second-order valence-electron chi connectivity index (χ2n) is 8.60. The van der Waals surface area contributed by atoms with Gasteiger partial charge in [-0.1, -0.05) is 6.42 Å². The lowest BCUT2D eigenvalue weighted by Crippen LogP contribution is -2.36. The average molecular weight is 478 g/mol. The minimum Gasteiger partial charge on any atom is -0.394 e. The zero-order valence-electron chi connectivity index (χ0n) is 17.9. The number of nitrogens with one attached hydrogen (secondary N) is 3. The minimum atomic E-state index is -0.797. The van der Waals surface area contributed by atoms with E-state index >= 15 is 0 Å². The Morgan fingerprint density at radius 2 is 2.18 bits per heavy atom. The first kappa shape index (κ1) is 22.3. The number of carbonyl (C=O) groups is 2. The summed E-state index contributed by atoms with van der Waals surface area (Å²) in [5.41, 5.74) is 0.843. The topological polar surface area (TPSA) is 164 Å². The van der Waals surface area contributed by atoms with Crippen LogP contribution in [0.2, 0.25) is 0 Å². The molecule has 2 aromatic rings. The summed E-state index contributed by atoms with van der Waals surface area (Å²) in [7, 11) is 0. The molecular weight excluding hydrogens is 450 g/mol. The molecule has 33 heavy (non-hydrogen) atoms. The molecule has 3 fully saturated rings. The number of aliphatic hydroxyl groups is 2. The molecule has 5 N–H and O–H groups in total. The van der Waals surface area contributed by atoms with Crippen molar-refractivity contribution in [3.8, 4) is 0 Å². The highest BCUT2D eigenvalue weighted by Crippen LogP contribution is 2.34. The van der Waals surface area contributed by atoms with E-state index in [2.05, 4.69) is 30.9 Å². The van der Waals surface area contributed by atoms with Crippen LogP contribution in [0.3, 0.4) is 0 Å². The van der Waals surface area contributed by atoms with E-state index in [-0.39, 0.29) is 30.6 Å². The van der Waals surface area contributed by atoms with Crippen LogP contribution in [-0.4, -0.2) is 83.6 Å². The van der Waals surface area contributed by atoms with Crippen molar-refractivity contribution in [1.82, 2.24) is 30.2 Å². The quantitative estimate of drug-likeness (QED) is 0.263. The Labute approximate surface area is 193 Å². The summed E-state index contributed by atoms with van der Waals surface area (Å²) in [5, 5.41) is 28.7. The van der Waals surface area contributed by atoms with E-state index in [9.17, 15) is 19.8 Å². The number of aliphatic hydroxyl groups excluding tert-OH is 2. The second kappa shape index (κ2) is 9.41. The Morgan fingerprint density at radius 1 is 1.30 bits per heavy atom. The van der Waals surface area contributed by atoms with E-state index in [1.807, 2.05) is 11.8 Å². The van der Waals surface area contributed by atoms with E-state index in [4.69, 9.17) is 4.74 Å². The maximum atomic E-state index is 12.5. The van der Waals surface area contributed by atoms with Gasteiger partial charge in [0.25, 0.3) is 0 Å². The van der Waals surface area contributed by atoms with Crippen LogP contribution in [0, 0.1) is 0 Å². The summed E-state index contributed by atoms with van der Waals surface area (Å²) in [5.74, 6) is 1.08. The third-order valence-electron chi connectivity index (χ3n) is 6.34. The van der Waals surface area contributed by atoms with Crippen LogP contribution in [-0.2, 0) is 9.53 Å². The van der Waals surface area contributed by atoms with E-state index in [0.717, 1.165) is 25.0 Å². The highest BCUT2D eigenvalue weighted by atomic mass is 32.2. The minimum absolute atomic E-state index is 0.0875. The number of amides is 3. The number of rotatable bonds is 8. The van der Waals surface area contributed by atoms with Crippen molar-refractivity contribution < 1.29 is 24.5 Å². The van der Waals surface area contributed by atoms with Crippen LogP contribution < -0.4 is 16.0 Å². The van der Waals surface area contributed by atoms with Crippen LogP contribution in [0.15, 0.2) is 12.7 Å². The molecule has 5 rings (SSSR count). The molecule has 3 aliphatic heterocycles. The smallest absolute Gasteiger partial charge is 0.315 e. The molecule has 0 aromatic carbocycles. The SMILES string of the molecule is O=C(CCCC[C@@H]1SC[C@@H]2NC(=O)N[C@@H]21)Nc1ncnc2c1ncn2[C@@H]1O[C@H](CO)CC1O. The van der Waals surface area contributed by atoms with Crippen LogP contribution in [0.1, 0.15) is 38.3 Å². The van der Waals surface area contributed by atoms with Crippen molar-refractivity contribution in [2.75, 3.05) is 17.7 Å². The fourth-order valence-corrected chi connectivity index (χ4v) is 6.24. The Bertz CT molecular complexity index is 1040. The first-order chi connectivity index (χ1) is 16.0. The number of aromatic nitrogens is 4. The molecule has 12 nitrogen and oxygen atoms in total. The Morgan fingerprint density at radius 3 is 3.00 bits per heavy atom. The molecule has 0 bridgehead atoms. The Balaban J connectivity index is 1.15. The number of hydrogen-bond acceptors (Lipinski definition) is 9. The van der Waals surface area contributed by atoms with Gasteiger partial charge < -0.3 is 30.9 Å². The van der Waals surface area contributed by atoms with Crippen LogP contribution in [0.25, 0.3) is 11.2 Å². The van der Waals surface area contributed by atoms with Gasteiger partial charge in [-0.2, -0.15) is 11.8 Å². The van der Waals surface area contributed by atoms with Crippen molar-refractivity contribution in [1.29, 1.82) is 0 Å². The highest BCUT2D eigenvalue weighted by molar-refractivity contribution is 8.00. The molecule has 0 aliphatic carbocycles. The van der Waals surface area contributed by atoms with Gasteiger partial charge in [0.2, 0.25) is 5.91 Å². The van der Waals surface area contributed by atoms with Crippen molar-refractivity contribution in [3.63, 3.8) is 0 Å². The molecular formula is C20H27N7O5S. The zero-order chi connectivity index (χ0) is 22.9. The normalized spacial score (nSPS) is 30.9. The molecule has 3 amide bonds. The Hall–Kier alpha value is -2.48. The largest absolute Gasteiger partial charge is 0.394 e. The van der Waals surface area contributed by atoms with E-state index in [0.29, 0.717) is 35.1 Å². The van der Waals surface area contributed by atoms with E-state index in [1.54, 1.807) is 4.57 Å². The monoisotopic (exact) mass is 477 g/mol. The second-order valence-corrected chi connectivity index (χ2v) is 9.87. The lowest BCUT2D eigenvalue weighted by atomic mass is 10.0. The summed E-state index contributed by atoms with van der Waals surface area (Å²) in [6.45, 7) is -0.178. The molecule has 3 aliphatic rings. The predicted octanol–water partition coefficient (Wildman–Crippen LogP) is 0.131. The van der Waals surface area contributed by atoms with Gasteiger partial charge in [0.05, 0.1) is 31.1 Å². The van der Waals surface area contributed by atoms with Gasteiger partial charge in [0, 0.05) is 23.8 Å². The fourth-order valence-electron chi connectivity index (χ4n) is 4.70. The standard InChI is InChI=1S/C20H27N7O5S/c28-6-10-5-12(29)19(32-10)27-9-23-16-17(21-8-22-18(16)27)25-14(30)4-2-1-3-13-15-11(7-33-13)24-20(31)26-15/h8-13,15,19,28-29H,1-7H2,(H2,24,26,31)(H,21,22,25,30)/t10-,11-,12?,13-,15-,19+/m0/s1. The van der Waals surface area contributed by atoms with Gasteiger partial charge >= 0.3 is 6.03 Å². The highest BCUT2D eigenvalue weighted by Gasteiger charge is 2.42. The zero-order valence-corrected chi connectivity index (χ0v) is 18.7. The number of hydrogen-bond donors (Lipinski definition) is 5. The molecule has 3 saturated heterocycles. The number of unbranched alkanes of at least 4 members (excludes halogenated alkanes) is 1. The molecule has 0 saturated carbocycles. The molecule has 0 radical (unpaired) electrons. The van der Waals surface area contributed by atoms with Gasteiger partial charge in [-0.3, -0.25) is 9.36 Å². The summed E-state index contributed by atoms with van der Waals surface area (Å²) >= 11 is 1.87. The van der Waals surface area contributed by atoms with Crippen LogP contribution in [0.5, 0.6) is 0 Å². The number of imidazole rings is 1. The van der Waals surface area contributed by atoms with E-state index in [1.165, 1.54) is 12.7 Å². The first-order valence-corrected chi connectivity index (χ1v) is 12.2. The van der Waals surface area contributed by atoms with Crippen molar-refractivity contribution >= 4 is 40.7 Å².